The number of thiazole rings is 1. The van der Waals surface area contributed by atoms with Crippen LogP contribution in [-0.2, 0) is 0 Å². The van der Waals surface area contributed by atoms with Gasteiger partial charge in [0, 0.05) is 16.5 Å². The molecule has 27 heavy (non-hydrogen) atoms. The first kappa shape index (κ1) is 17.2. The van der Waals surface area contributed by atoms with Crippen LogP contribution in [0.3, 0.4) is 0 Å². The van der Waals surface area contributed by atoms with Crippen molar-refractivity contribution in [3.05, 3.63) is 65.0 Å². The third-order valence-electron chi connectivity index (χ3n) is 4.06. The Labute approximate surface area is 160 Å². The summed E-state index contributed by atoms with van der Waals surface area (Å²) in [6.07, 6.45) is 0. The van der Waals surface area contributed by atoms with Crippen LogP contribution in [0.25, 0.3) is 16.2 Å². The molecule has 0 radical (unpaired) electrons. The van der Waals surface area contributed by atoms with Gasteiger partial charge in [-0.1, -0.05) is 35.9 Å². The van der Waals surface area contributed by atoms with E-state index in [0.717, 1.165) is 16.2 Å². The van der Waals surface area contributed by atoms with Crippen molar-refractivity contribution in [3.8, 4) is 17.0 Å². The minimum Gasteiger partial charge on any atom is -0.494 e. The zero-order chi connectivity index (χ0) is 18.8. The number of carbonyl (C=O) groups excluding carboxylic acids is 1. The van der Waals surface area contributed by atoms with Crippen LogP contribution in [0.15, 0.2) is 53.9 Å². The average Bonchev–Trinajstić information content (AvgIpc) is 3.23. The van der Waals surface area contributed by atoms with Gasteiger partial charge < -0.3 is 4.74 Å². The monoisotopic (exact) mass is 378 g/mol. The van der Waals surface area contributed by atoms with E-state index in [1.165, 1.54) is 16.9 Å². The first-order valence-corrected chi connectivity index (χ1v) is 9.47. The quantitative estimate of drug-likeness (QED) is 0.558. The molecule has 0 aliphatic carbocycles. The summed E-state index contributed by atoms with van der Waals surface area (Å²) in [7, 11) is 0. The van der Waals surface area contributed by atoms with Gasteiger partial charge in [0.15, 0.2) is 0 Å². The van der Waals surface area contributed by atoms with E-state index in [4.69, 9.17) is 4.74 Å². The number of nitrogens with one attached hydrogen (secondary N) is 1. The smallest absolute Gasteiger partial charge is 0.258 e. The lowest BCUT2D eigenvalue weighted by Gasteiger charge is -2.05. The first-order valence-electron chi connectivity index (χ1n) is 8.59. The molecule has 0 saturated heterocycles. The third kappa shape index (κ3) is 3.54. The maximum atomic E-state index is 12.5. The summed E-state index contributed by atoms with van der Waals surface area (Å²) >= 11 is 1.48. The number of ether oxygens (including phenoxy) is 1. The van der Waals surface area contributed by atoms with E-state index in [0.29, 0.717) is 17.9 Å². The molecule has 2 aromatic heterocycles. The second-order valence-electron chi connectivity index (χ2n) is 6.03. The van der Waals surface area contributed by atoms with Crippen LogP contribution in [0.1, 0.15) is 22.8 Å². The van der Waals surface area contributed by atoms with Gasteiger partial charge in [0.1, 0.15) is 5.75 Å². The fourth-order valence-electron chi connectivity index (χ4n) is 2.72. The average molecular weight is 378 g/mol. The highest BCUT2D eigenvalue weighted by Gasteiger charge is 2.14. The van der Waals surface area contributed by atoms with Crippen LogP contribution >= 0.6 is 11.3 Å². The van der Waals surface area contributed by atoms with Crippen molar-refractivity contribution in [1.29, 1.82) is 0 Å². The molecule has 1 amide bonds. The fraction of sp³-hybridized carbons (Fsp3) is 0.150. The van der Waals surface area contributed by atoms with E-state index in [1.807, 2.05) is 18.4 Å². The molecule has 0 atom stereocenters. The van der Waals surface area contributed by atoms with Crippen LogP contribution < -0.4 is 10.1 Å². The van der Waals surface area contributed by atoms with Crippen LogP contribution in [0, 0.1) is 6.92 Å². The lowest BCUT2D eigenvalue weighted by molar-refractivity contribution is 0.102. The SMILES string of the molecule is CCOc1cccc(C(=O)Nc2nc3scc(-c4ccc(C)cc4)n3n2)c1. The van der Waals surface area contributed by atoms with Gasteiger partial charge in [0.05, 0.1) is 12.3 Å². The van der Waals surface area contributed by atoms with Crippen LogP contribution in [-0.4, -0.2) is 27.1 Å². The number of hydrogen-bond acceptors (Lipinski definition) is 5. The summed E-state index contributed by atoms with van der Waals surface area (Å²) in [5, 5.41) is 9.22. The number of carbonyl (C=O) groups is 1. The summed E-state index contributed by atoms with van der Waals surface area (Å²) in [5.74, 6) is 0.666. The van der Waals surface area contributed by atoms with Gasteiger partial charge >= 0.3 is 0 Å². The largest absolute Gasteiger partial charge is 0.494 e. The zero-order valence-electron chi connectivity index (χ0n) is 15.0. The molecule has 0 spiro atoms. The summed E-state index contributed by atoms with van der Waals surface area (Å²) < 4.78 is 7.19. The molecule has 0 aliphatic heterocycles. The Kier molecular flexibility index (Phi) is 4.60. The first-order chi connectivity index (χ1) is 13.1. The molecule has 1 N–H and O–H groups in total. The molecule has 0 bridgehead atoms. The molecular formula is C20H18N4O2S. The Morgan fingerprint density at radius 2 is 2.04 bits per heavy atom. The molecule has 136 valence electrons. The molecule has 4 rings (SSSR count). The Balaban J connectivity index is 1.59. The number of benzene rings is 2. The lowest BCUT2D eigenvalue weighted by Crippen LogP contribution is -2.13. The van der Waals surface area contributed by atoms with Crippen molar-refractivity contribution >= 4 is 28.2 Å². The summed E-state index contributed by atoms with van der Waals surface area (Å²) in [6.45, 7) is 4.50. The number of anilines is 1. The van der Waals surface area contributed by atoms with Gasteiger partial charge in [-0.3, -0.25) is 10.1 Å². The number of amides is 1. The topological polar surface area (TPSA) is 68.5 Å². The number of aryl methyl sites for hydroxylation is 1. The van der Waals surface area contributed by atoms with Crippen molar-refractivity contribution in [2.24, 2.45) is 0 Å². The molecule has 0 saturated carbocycles. The molecule has 2 aromatic carbocycles. The number of rotatable bonds is 5. The van der Waals surface area contributed by atoms with E-state index >= 15 is 0 Å². The van der Waals surface area contributed by atoms with Crippen LogP contribution in [0.2, 0.25) is 0 Å². The number of aromatic nitrogens is 3. The Hall–Kier alpha value is -3.19. The standard InChI is InChI=1S/C20H18N4O2S/c1-3-26-16-6-4-5-15(11-16)18(25)21-19-22-20-24(23-19)17(12-27-20)14-9-7-13(2)8-10-14/h4-12H,3H2,1-2H3,(H,21,23,25). The highest BCUT2D eigenvalue weighted by molar-refractivity contribution is 7.15. The van der Waals surface area contributed by atoms with Crippen LogP contribution in [0.4, 0.5) is 5.95 Å². The maximum absolute atomic E-state index is 12.5. The molecule has 0 aliphatic rings. The minimum absolute atomic E-state index is 0.272. The fourth-order valence-corrected chi connectivity index (χ4v) is 3.56. The van der Waals surface area contributed by atoms with Gasteiger partial charge in [-0.25, -0.2) is 4.52 Å². The van der Waals surface area contributed by atoms with E-state index in [9.17, 15) is 4.79 Å². The normalized spacial score (nSPS) is 10.9. The van der Waals surface area contributed by atoms with E-state index in [-0.39, 0.29) is 11.9 Å². The molecular weight excluding hydrogens is 360 g/mol. The minimum atomic E-state index is -0.272. The molecule has 4 aromatic rings. The van der Waals surface area contributed by atoms with E-state index in [1.54, 1.807) is 22.7 Å². The van der Waals surface area contributed by atoms with Crippen molar-refractivity contribution in [2.75, 3.05) is 11.9 Å². The zero-order valence-corrected chi connectivity index (χ0v) is 15.8. The van der Waals surface area contributed by atoms with Crippen molar-refractivity contribution < 1.29 is 9.53 Å². The van der Waals surface area contributed by atoms with Gasteiger partial charge in [0.25, 0.3) is 11.9 Å². The van der Waals surface area contributed by atoms with Crippen molar-refractivity contribution in [2.45, 2.75) is 13.8 Å². The number of nitrogens with zero attached hydrogens (tertiary/aromatic N) is 3. The number of fused-ring (bicyclic) bond motifs is 1. The molecule has 7 heteroatoms. The lowest BCUT2D eigenvalue weighted by atomic mass is 10.1. The maximum Gasteiger partial charge on any atom is 0.258 e. The molecule has 0 fully saturated rings. The molecule has 6 nitrogen and oxygen atoms in total. The summed E-state index contributed by atoms with van der Waals surface area (Å²) in [4.78, 5) is 17.6. The molecule has 2 heterocycles. The predicted molar refractivity (Wildman–Crippen MR) is 107 cm³/mol. The van der Waals surface area contributed by atoms with Gasteiger partial charge in [-0.15, -0.1) is 16.4 Å². The summed E-state index contributed by atoms with van der Waals surface area (Å²) in [6, 6.07) is 15.3. The van der Waals surface area contributed by atoms with Gasteiger partial charge in [-0.2, -0.15) is 4.98 Å². The highest BCUT2D eigenvalue weighted by Crippen LogP contribution is 2.26. The Morgan fingerprint density at radius 1 is 1.22 bits per heavy atom. The highest BCUT2D eigenvalue weighted by atomic mass is 32.1. The second kappa shape index (κ2) is 7.20. The predicted octanol–water partition coefficient (Wildman–Crippen LogP) is 4.42. The number of hydrogen-bond donors (Lipinski definition) is 1. The Bertz CT molecular complexity index is 1100. The molecule has 0 unspecified atom stereocenters. The van der Waals surface area contributed by atoms with Crippen molar-refractivity contribution in [3.63, 3.8) is 0 Å². The third-order valence-corrected chi connectivity index (χ3v) is 4.88. The summed E-state index contributed by atoms with van der Waals surface area (Å²) in [5.41, 5.74) is 3.70. The van der Waals surface area contributed by atoms with Gasteiger partial charge in [-0.05, 0) is 32.0 Å². The van der Waals surface area contributed by atoms with E-state index < -0.39 is 0 Å². The Morgan fingerprint density at radius 3 is 2.81 bits per heavy atom. The second-order valence-corrected chi connectivity index (χ2v) is 6.87. The van der Waals surface area contributed by atoms with Gasteiger partial charge in [0.2, 0.25) is 4.96 Å². The van der Waals surface area contributed by atoms with Crippen LogP contribution in [0.5, 0.6) is 5.75 Å². The van der Waals surface area contributed by atoms with Crippen molar-refractivity contribution in [1.82, 2.24) is 14.6 Å². The van der Waals surface area contributed by atoms with E-state index in [2.05, 4.69) is 46.6 Å².